The quantitative estimate of drug-likeness (QED) is 0.910. The predicted octanol–water partition coefficient (Wildman–Crippen LogP) is 3.60. The van der Waals surface area contributed by atoms with Crippen molar-refractivity contribution >= 4 is 11.6 Å². The molecule has 25 heavy (non-hydrogen) atoms. The second kappa shape index (κ2) is 5.92. The molecule has 128 valence electrons. The standard InChI is InChI=1S/C20H19FN2O2/c1-12(24)23-20(14-4-3-5-15(21)10-14)18-8-6-13-11-16(25-2)7-9-17(13)19(18)22-23/h3-5,7,9-11,20,22H,6,8H2,1-2H3/t20-/m0/s1. The van der Waals surface area contributed by atoms with Crippen molar-refractivity contribution in [2.75, 3.05) is 7.11 Å². The highest BCUT2D eigenvalue weighted by atomic mass is 19.1. The van der Waals surface area contributed by atoms with Crippen molar-refractivity contribution in [1.29, 1.82) is 0 Å². The van der Waals surface area contributed by atoms with E-state index in [1.54, 1.807) is 18.2 Å². The van der Waals surface area contributed by atoms with Crippen LogP contribution in [0.3, 0.4) is 0 Å². The topological polar surface area (TPSA) is 41.6 Å². The first-order chi connectivity index (χ1) is 12.1. The van der Waals surface area contributed by atoms with E-state index in [0.717, 1.165) is 41.0 Å². The van der Waals surface area contributed by atoms with Gasteiger partial charge in [0.05, 0.1) is 12.8 Å². The minimum Gasteiger partial charge on any atom is -0.497 e. The smallest absolute Gasteiger partial charge is 0.238 e. The van der Waals surface area contributed by atoms with E-state index >= 15 is 0 Å². The first-order valence-corrected chi connectivity index (χ1v) is 8.30. The van der Waals surface area contributed by atoms with Crippen molar-refractivity contribution in [3.63, 3.8) is 0 Å². The maximum atomic E-state index is 13.7. The predicted molar refractivity (Wildman–Crippen MR) is 93.0 cm³/mol. The lowest BCUT2D eigenvalue weighted by Gasteiger charge is -2.25. The van der Waals surface area contributed by atoms with Crippen LogP contribution >= 0.6 is 0 Å². The molecule has 1 aliphatic heterocycles. The SMILES string of the molecule is COc1ccc2c(c1)CCC1=C2NN(C(C)=O)[C@H]1c1cccc(F)c1. The molecule has 1 atom stereocenters. The summed E-state index contributed by atoms with van der Waals surface area (Å²) in [5, 5.41) is 1.60. The lowest BCUT2D eigenvalue weighted by molar-refractivity contribution is -0.132. The van der Waals surface area contributed by atoms with Crippen molar-refractivity contribution in [2.24, 2.45) is 0 Å². The van der Waals surface area contributed by atoms with Crippen LogP contribution in [0, 0.1) is 5.82 Å². The molecule has 1 amide bonds. The average Bonchev–Trinajstić information content (AvgIpc) is 3.01. The van der Waals surface area contributed by atoms with Crippen molar-refractivity contribution in [2.45, 2.75) is 25.8 Å². The van der Waals surface area contributed by atoms with Gasteiger partial charge in [0.15, 0.2) is 0 Å². The van der Waals surface area contributed by atoms with Crippen LogP contribution in [0.15, 0.2) is 48.0 Å². The molecule has 1 heterocycles. The molecular weight excluding hydrogens is 319 g/mol. The van der Waals surface area contributed by atoms with E-state index in [2.05, 4.69) is 5.43 Å². The van der Waals surface area contributed by atoms with Gasteiger partial charge in [-0.15, -0.1) is 0 Å². The monoisotopic (exact) mass is 338 g/mol. The third-order valence-electron chi connectivity index (χ3n) is 4.89. The lowest BCUT2D eigenvalue weighted by atomic mass is 9.85. The fourth-order valence-corrected chi connectivity index (χ4v) is 3.75. The van der Waals surface area contributed by atoms with Crippen LogP contribution in [-0.2, 0) is 11.2 Å². The fraction of sp³-hybridized carbons (Fsp3) is 0.250. The highest BCUT2D eigenvalue weighted by Crippen LogP contribution is 2.44. The highest BCUT2D eigenvalue weighted by Gasteiger charge is 2.38. The number of methoxy groups -OCH3 is 1. The summed E-state index contributed by atoms with van der Waals surface area (Å²) in [6.07, 6.45) is 1.68. The van der Waals surface area contributed by atoms with Crippen LogP contribution in [0.5, 0.6) is 5.75 Å². The number of fused-ring (bicyclic) bond motifs is 2. The number of benzene rings is 2. The summed E-state index contributed by atoms with van der Waals surface area (Å²) >= 11 is 0. The Kier molecular flexibility index (Phi) is 3.71. The molecular formula is C20H19FN2O2. The maximum absolute atomic E-state index is 13.7. The molecule has 0 radical (unpaired) electrons. The molecule has 0 saturated heterocycles. The molecule has 0 bridgehead atoms. The number of halogens is 1. The molecule has 0 fully saturated rings. The summed E-state index contributed by atoms with van der Waals surface area (Å²) in [7, 11) is 1.65. The number of aryl methyl sites for hydroxylation is 1. The molecule has 0 spiro atoms. The lowest BCUT2D eigenvalue weighted by Crippen LogP contribution is -2.38. The van der Waals surface area contributed by atoms with Gasteiger partial charge in [-0.05, 0) is 59.9 Å². The van der Waals surface area contributed by atoms with Crippen LogP contribution in [0.1, 0.15) is 36.1 Å². The number of nitrogens with one attached hydrogen (secondary N) is 1. The van der Waals surface area contributed by atoms with Crippen LogP contribution < -0.4 is 10.2 Å². The Bertz CT molecular complexity index is 891. The van der Waals surface area contributed by atoms with Crippen LogP contribution in [0.25, 0.3) is 5.70 Å². The van der Waals surface area contributed by atoms with Gasteiger partial charge in [0.1, 0.15) is 17.6 Å². The Morgan fingerprint density at radius 3 is 2.80 bits per heavy atom. The fourth-order valence-electron chi connectivity index (χ4n) is 3.75. The van der Waals surface area contributed by atoms with Crippen molar-refractivity contribution in [3.8, 4) is 5.75 Å². The van der Waals surface area contributed by atoms with Gasteiger partial charge in [-0.3, -0.25) is 10.2 Å². The Balaban J connectivity index is 1.83. The largest absolute Gasteiger partial charge is 0.497 e. The number of ether oxygens (including phenoxy) is 1. The summed E-state index contributed by atoms with van der Waals surface area (Å²) < 4.78 is 19.1. The molecule has 0 saturated carbocycles. The summed E-state index contributed by atoms with van der Waals surface area (Å²) in [5.74, 6) is 0.431. The number of amides is 1. The summed E-state index contributed by atoms with van der Waals surface area (Å²) in [6, 6.07) is 12.2. The molecule has 0 aromatic heterocycles. The molecule has 4 rings (SSSR count). The summed E-state index contributed by atoms with van der Waals surface area (Å²) in [4.78, 5) is 12.2. The van der Waals surface area contributed by atoms with Crippen molar-refractivity contribution in [1.82, 2.24) is 10.4 Å². The number of hydrogen-bond donors (Lipinski definition) is 1. The van der Waals surface area contributed by atoms with Crippen molar-refractivity contribution in [3.05, 3.63) is 70.5 Å². The van der Waals surface area contributed by atoms with E-state index in [0.29, 0.717) is 0 Å². The number of rotatable bonds is 2. The minimum absolute atomic E-state index is 0.0984. The van der Waals surface area contributed by atoms with Gasteiger partial charge >= 0.3 is 0 Å². The number of nitrogens with zero attached hydrogens (tertiary/aromatic N) is 1. The zero-order valence-corrected chi connectivity index (χ0v) is 14.2. The molecule has 0 unspecified atom stereocenters. The Hall–Kier alpha value is -2.82. The zero-order chi connectivity index (χ0) is 17.6. The average molecular weight is 338 g/mol. The Labute approximate surface area is 145 Å². The van der Waals surface area contributed by atoms with E-state index in [1.807, 2.05) is 24.3 Å². The zero-order valence-electron chi connectivity index (χ0n) is 14.2. The van der Waals surface area contributed by atoms with Gasteiger partial charge in [0, 0.05) is 12.5 Å². The van der Waals surface area contributed by atoms with Gasteiger partial charge < -0.3 is 4.74 Å². The van der Waals surface area contributed by atoms with E-state index in [4.69, 9.17) is 4.74 Å². The van der Waals surface area contributed by atoms with E-state index in [-0.39, 0.29) is 17.8 Å². The minimum atomic E-state index is -0.295. The summed E-state index contributed by atoms with van der Waals surface area (Å²) in [5.41, 5.74) is 8.38. The van der Waals surface area contributed by atoms with Gasteiger partial charge in [0.2, 0.25) is 5.91 Å². The number of hydrazine groups is 1. The Morgan fingerprint density at radius 1 is 1.24 bits per heavy atom. The van der Waals surface area contributed by atoms with E-state index in [1.165, 1.54) is 24.6 Å². The Morgan fingerprint density at radius 2 is 2.08 bits per heavy atom. The van der Waals surface area contributed by atoms with Crippen LogP contribution in [0.2, 0.25) is 0 Å². The summed E-state index contributed by atoms with van der Waals surface area (Å²) in [6.45, 7) is 1.52. The van der Waals surface area contributed by atoms with Gasteiger partial charge in [-0.2, -0.15) is 0 Å². The van der Waals surface area contributed by atoms with Crippen molar-refractivity contribution < 1.29 is 13.9 Å². The third-order valence-corrected chi connectivity index (χ3v) is 4.89. The first-order valence-electron chi connectivity index (χ1n) is 8.30. The second-order valence-electron chi connectivity index (χ2n) is 6.38. The number of carbonyl (C=O) groups is 1. The first kappa shape index (κ1) is 15.7. The molecule has 2 aliphatic rings. The third kappa shape index (κ3) is 2.56. The second-order valence-corrected chi connectivity index (χ2v) is 6.38. The molecule has 2 aromatic rings. The molecule has 1 aliphatic carbocycles. The van der Waals surface area contributed by atoms with E-state index in [9.17, 15) is 9.18 Å². The number of hydrogen-bond acceptors (Lipinski definition) is 3. The number of carbonyl (C=O) groups excluding carboxylic acids is 1. The van der Waals surface area contributed by atoms with Gasteiger partial charge in [0.25, 0.3) is 0 Å². The molecule has 5 heteroatoms. The highest BCUT2D eigenvalue weighted by molar-refractivity contribution is 5.82. The normalized spacial score (nSPS) is 18.5. The van der Waals surface area contributed by atoms with E-state index < -0.39 is 0 Å². The molecule has 4 nitrogen and oxygen atoms in total. The molecule has 1 N–H and O–H groups in total. The molecule has 2 aromatic carbocycles. The van der Waals surface area contributed by atoms with Crippen LogP contribution in [-0.4, -0.2) is 18.0 Å². The van der Waals surface area contributed by atoms with Gasteiger partial charge in [-0.1, -0.05) is 12.1 Å². The maximum Gasteiger partial charge on any atom is 0.238 e. The van der Waals surface area contributed by atoms with Gasteiger partial charge in [-0.25, -0.2) is 9.40 Å². The van der Waals surface area contributed by atoms with Crippen LogP contribution in [0.4, 0.5) is 4.39 Å².